The molecule has 0 radical (unpaired) electrons. The van der Waals surface area contributed by atoms with E-state index in [0.29, 0.717) is 20.2 Å². The van der Waals surface area contributed by atoms with Crippen molar-refractivity contribution in [1.29, 1.82) is 0 Å². The second kappa shape index (κ2) is 8.66. The highest BCUT2D eigenvalue weighted by molar-refractivity contribution is 9.10. The van der Waals surface area contributed by atoms with Crippen LogP contribution in [0.5, 0.6) is 5.75 Å². The van der Waals surface area contributed by atoms with Crippen molar-refractivity contribution in [3.05, 3.63) is 35.2 Å². The molecule has 0 bridgehead atoms. The summed E-state index contributed by atoms with van der Waals surface area (Å²) in [4.78, 5) is 25.8. The van der Waals surface area contributed by atoms with E-state index < -0.39 is 34.1 Å². The van der Waals surface area contributed by atoms with Crippen molar-refractivity contribution >= 4 is 58.7 Å². The number of piperazine rings is 1. The smallest absolute Gasteiger partial charge is 0.480 e. The number of rotatable bonds is 5. The Kier molecular flexibility index (Phi) is 6.19. The number of halogens is 4. The summed E-state index contributed by atoms with van der Waals surface area (Å²) in [6.45, 7) is -0.212. The summed E-state index contributed by atoms with van der Waals surface area (Å²) in [6, 6.07) is 2.14. The third-order valence-corrected chi connectivity index (χ3v) is 8.00. The predicted octanol–water partition coefficient (Wildman–Crippen LogP) is 2.71. The second-order valence-electron chi connectivity index (χ2n) is 6.76. The number of hydrogen-bond acceptors (Lipinski definition) is 9. The number of alkyl halides is 3. The molecule has 1 aliphatic heterocycles. The van der Waals surface area contributed by atoms with Crippen LogP contribution < -0.4 is 9.64 Å². The molecule has 1 fully saturated rings. The normalized spacial score (nSPS) is 17.9. The highest BCUT2D eigenvalue weighted by atomic mass is 79.9. The average Bonchev–Trinajstić information content (AvgIpc) is 3.15. The topological polar surface area (TPSA) is 126 Å². The second-order valence-corrected chi connectivity index (χ2v) is 10.4. The van der Waals surface area contributed by atoms with Crippen molar-refractivity contribution in [2.75, 3.05) is 24.5 Å². The first kappa shape index (κ1) is 23.6. The number of carboxylic acid groups (broad SMARTS) is 1. The van der Waals surface area contributed by atoms with E-state index in [4.69, 9.17) is 0 Å². The van der Waals surface area contributed by atoms with Gasteiger partial charge < -0.3 is 14.7 Å². The number of fused-ring (bicyclic) bond motifs is 1. The van der Waals surface area contributed by atoms with Crippen LogP contribution in [0.4, 0.5) is 18.3 Å². The number of aliphatic carboxylic acids is 1. The monoisotopic (exact) mass is 567 g/mol. The number of benzene rings is 1. The van der Waals surface area contributed by atoms with E-state index in [9.17, 15) is 31.5 Å². The number of thiazole rings is 1. The van der Waals surface area contributed by atoms with Gasteiger partial charge in [0.25, 0.3) is 0 Å². The Morgan fingerprint density at radius 1 is 1.21 bits per heavy atom. The van der Waals surface area contributed by atoms with Crippen LogP contribution in [-0.4, -0.2) is 70.8 Å². The molecular weight excluding hydrogens is 555 g/mol. The number of aromatic nitrogens is 3. The van der Waals surface area contributed by atoms with E-state index in [-0.39, 0.29) is 24.5 Å². The molecule has 0 saturated carbocycles. The van der Waals surface area contributed by atoms with Gasteiger partial charge in [-0.1, -0.05) is 11.3 Å². The van der Waals surface area contributed by atoms with Gasteiger partial charge in [-0.2, -0.15) is 9.29 Å². The van der Waals surface area contributed by atoms with Gasteiger partial charge in [0.05, 0.1) is 15.8 Å². The molecule has 0 spiro atoms. The van der Waals surface area contributed by atoms with Crippen molar-refractivity contribution < 1.29 is 36.2 Å². The maximum Gasteiger partial charge on any atom is 0.573 e. The van der Waals surface area contributed by atoms with Crippen LogP contribution in [0.2, 0.25) is 0 Å². The van der Waals surface area contributed by atoms with Gasteiger partial charge >= 0.3 is 12.3 Å². The lowest BCUT2D eigenvalue weighted by Gasteiger charge is -2.38. The summed E-state index contributed by atoms with van der Waals surface area (Å²) in [5, 5.41) is 10.2. The molecule has 0 unspecified atom stereocenters. The van der Waals surface area contributed by atoms with Crippen molar-refractivity contribution in [3.63, 3.8) is 0 Å². The first-order valence-electron chi connectivity index (χ1n) is 9.08. The van der Waals surface area contributed by atoms with Crippen LogP contribution >= 0.6 is 27.3 Å². The first-order chi connectivity index (χ1) is 15.4. The summed E-state index contributed by atoms with van der Waals surface area (Å²) in [7, 11) is -4.31. The summed E-state index contributed by atoms with van der Waals surface area (Å²) >= 11 is 4.39. The Hall–Kier alpha value is -2.56. The number of ether oxygens (including phenoxy) is 1. The molecular formula is C17H13BrF3N5O5S2. The van der Waals surface area contributed by atoms with E-state index in [1.165, 1.54) is 11.3 Å². The third kappa shape index (κ3) is 5.02. The SMILES string of the molecule is O=C(O)[C@H]1CN(c2nc3nc(Br)ncc3s2)CCN1S(=O)(=O)c1ccc(OC(F)(F)F)cc1. The van der Waals surface area contributed by atoms with Crippen LogP contribution in [0, 0.1) is 0 Å². The molecule has 1 N–H and O–H groups in total. The fraction of sp³-hybridized carbons (Fsp3) is 0.294. The van der Waals surface area contributed by atoms with E-state index in [1.807, 2.05) is 0 Å². The molecule has 1 atom stereocenters. The van der Waals surface area contributed by atoms with Crippen molar-refractivity contribution in [2.24, 2.45) is 0 Å². The van der Waals surface area contributed by atoms with Crippen molar-refractivity contribution in [1.82, 2.24) is 19.3 Å². The van der Waals surface area contributed by atoms with Crippen LogP contribution in [0.3, 0.4) is 0 Å². The third-order valence-electron chi connectivity index (χ3n) is 4.66. The molecule has 0 aliphatic carbocycles. The number of sulfonamides is 1. The quantitative estimate of drug-likeness (QED) is 0.463. The fourth-order valence-corrected chi connectivity index (χ4v) is 5.96. The molecule has 0 amide bonds. The van der Waals surface area contributed by atoms with Gasteiger partial charge in [-0.15, -0.1) is 13.2 Å². The number of carbonyl (C=O) groups is 1. The van der Waals surface area contributed by atoms with Crippen molar-refractivity contribution in [2.45, 2.75) is 17.3 Å². The Labute approximate surface area is 196 Å². The lowest BCUT2D eigenvalue weighted by Crippen LogP contribution is -2.58. The molecule has 2 aromatic heterocycles. The van der Waals surface area contributed by atoms with E-state index in [1.54, 1.807) is 11.1 Å². The predicted molar refractivity (Wildman–Crippen MR) is 114 cm³/mol. The highest BCUT2D eigenvalue weighted by Gasteiger charge is 2.41. The standard InChI is InChI=1S/C17H13BrF3N5O5S2/c18-15-22-7-12-13(23-15)24-16(32-12)25-5-6-26(11(8-25)14(27)28)33(29,30)10-3-1-9(2-4-10)31-17(19,20)21/h1-4,7,11H,5-6,8H2,(H,27,28)/t11-/m1/s1. The zero-order chi connectivity index (χ0) is 24.0. The minimum absolute atomic E-state index is 0.146. The summed E-state index contributed by atoms with van der Waals surface area (Å²) in [5.41, 5.74) is 0.417. The Bertz CT molecular complexity index is 1300. The highest BCUT2D eigenvalue weighted by Crippen LogP contribution is 2.31. The van der Waals surface area contributed by atoms with Gasteiger partial charge in [0, 0.05) is 19.6 Å². The van der Waals surface area contributed by atoms with Crippen LogP contribution in [0.15, 0.2) is 40.1 Å². The fourth-order valence-electron chi connectivity index (χ4n) is 3.22. The minimum Gasteiger partial charge on any atom is -0.480 e. The molecule has 1 aromatic carbocycles. The van der Waals surface area contributed by atoms with Gasteiger partial charge in [-0.25, -0.2) is 18.4 Å². The van der Waals surface area contributed by atoms with Crippen LogP contribution in [-0.2, 0) is 14.8 Å². The molecule has 176 valence electrons. The number of hydrogen-bond donors (Lipinski definition) is 1. The zero-order valence-electron chi connectivity index (χ0n) is 16.2. The van der Waals surface area contributed by atoms with Gasteiger partial charge in [0.2, 0.25) is 10.0 Å². The van der Waals surface area contributed by atoms with E-state index in [0.717, 1.165) is 28.6 Å². The Balaban J connectivity index is 1.57. The maximum absolute atomic E-state index is 13.1. The summed E-state index contributed by atoms with van der Waals surface area (Å²) < 4.78 is 68.7. The molecule has 1 saturated heterocycles. The van der Waals surface area contributed by atoms with E-state index in [2.05, 4.69) is 35.6 Å². The lowest BCUT2D eigenvalue weighted by molar-refractivity contribution is -0.274. The molecule has 16 heteroatoms. The Morgan fingerprint density at radius 3 is 2.55 bits per heavy atom. The van der Waals surface area contributed by atoms with Gasteiger partial charge in [0.1, 0.15) is 11.8 Å². The largest absolute Gasteiger partial charge is 0.573 e. The maximum atomic E-state index is 13.1. The number of nitrogens with zero attached hydrogens (tertiary/aromatic N) is 5. The average molecular weight is 568 g/mol. The molecule has 4 rings (SSSR count). The molecule has 3 heterocycles. The molecule has 10 nitrogen and oxygen atoms in total. The van der Waals surface area contributed by atoms with Crippen LogP contribution in [0.1, 0.15) is 0 Å². The summed E-state index contributed by atoms with van der Waals surface area (Å²) in [5.74, 6) is -1.96. The summed E-state index contributed by atoms with van der Waals surface area (Å²) in [6.07, 6.45) is -3.36. The number of anilines is 1. The number of carboxylic acids is 1. The van der Waals surface area contributed by atoms with Gasteiger partial charge in [0.15, 0.2) is 15.5 Å². The molecule has 33 heavy (non-hydrogen) atoms. The van der Waals surface area contributed by atoms with E-state index >= 15 is 0 Å². The lowest BCUT2D eigenvalue weighted by atomic mass is 10.2. The molecule has 1 aliphatic rings. The van der Waals surface area contributed by atoms with Gasteiger partial charge in [-0.3, -0.25) is 4.79 Å². The minimum atomic E-state index is -4.92. The van der Waals surface area contributed by atoms with Crippen molar-refractivity contribution in [3.8, 4) is 5.75 Å². The van der Waals surface area contributed by atoms with Crippen LogP contribution in [0.25, 0.3) is 10.3 Å². The Morgan fingerprint density at radius 2 is 1.91 bits per heavy atom. The first-order valence-corrected chi connectivity index (χ1v) is 12.1. The zero-order valence-corrected chi connectivity index (χ0v) is 19.4. The van der Waals surface area contributed by atoms with Gasteiger partial charge in [-0.05, 0) is 40.2 Å². The molecule has 3 aromatic rings.